The third-order valence-corrected chi connectivity index (χ3v) is 4.01. The van der Waals surface area contributed by atoms with E-state index in [-0.39, 0.29) is 11.7 Å². The van der Waals surface area contributed by atoms with Gasteiger partial charge in [0.2, 0.25) is 0 Å². The van der Waals surface area contributed by atoms with E-state index in [9.17, 15) is 4.39 Å². The van der Waals surface area contributed by atoms with Gasteiger partial charge in [-0.2, -0.15) is 0 Å². The zero-order valence-electron chi connectivity index (χ0n) is 12.5. The van der Waals surface area contributed by atoms with Crippen molar-refractivity contribution in [2.45, 2.75) is 58.7 Å². The molecule has 1 aromatic rings. The van der Waals surface area contributed by atoms with Crippen molar-refractivity contribution in [3.8, 4) is 0 Å². The van der Waals surface area contributed by atoms with Crippen LogP contribution in [0.25, 0.3) is 0 Å². The molecule has 2 rings (SSSR count). The number of rotatable bonds is 2. The molecule has 0 atom stereocenters. The summed E-state index contributed by atoms with van der Waals surface area (Å²) in [6, 6.07) is 1.51. The number of nitrogens with zero attached hydrogens (tertiary/aromatic N) is 1. The highest BCUT2D eigenvalue weighted by atomic mass is 19.1. The number of hydrogen-bond donors (Lipinski definition) is 0. The van der Waals surface area contributed by atoms with Crippen LogP contribution < -0.4 is 5.59 Å². The number of pyridine rings is 1. The van der Waals surface area contributed by atoms with E-state index < -0.39 is 18.3 Å². The Labute approximate surface area is 114 Å². The van der Waals surface area contributed by atoms with Crippen LogP contribution in [0, 0.1) is 5.82 Å². The number of halogens is 1. The fourth-order valence-corrected chi connectivity index (χ4v) is 2.08. The molecule has 1 saturated heterocycles. The Hall–Kier alpha value is -0.935. The molecule has 0 radical (unpaired) electrons. The molecule has 0 unspecified atom stereocenters. The van der Waals surface area contributed by atoms with E-state index in [0.29, 0.717) is 5.59 Å². The molecule has 1 aliphatic heterocycles. The third-order valence-electron chi connectivity index (χ3n) is 4.01. The lowest BCUT2D eigenvalue weighted by atomic mass is 9.78. The molecule has 0 saturated carbocycles. The summed E-state index contributed by atoms with van der Waals surface area (Å²) >= 11 is 0. The predicted octanol–water partition coefficient (Wildman–Crippen LogP) is 2.64. The maximum absolute atomic E-state index is 13.4. The summed E-state index contributed by atoms with van der Waals surface area (Å²) in [5.74, 6) is -0.166. The molecule has 2 heterocycles. The molecule has 5 heteroatoms. The Morgan fingerprint density at radius 1 is 1.16 bits per heavy atom. The molecular weight excluding hydrogens is 244 g/mol. The fraction of sp³-hybridized carbons (Fsp3) is 0.643. The van der Waals surface area contributed by atoms with Gasteiger partial charge in [-0.05, 0) is 45.2 Å². The van der Waals surface area contributed by atoms with Crippen LogP contribution in [-0.2, 0) is 9.31 Å². The standard InChI is InChI=1S/C14H21BFNO2/c1-9(2)11-7-10(16)8-17-12(11)15-18-13(3,4)14(5,6)19-15/h7-9H,1-6H3. The van der Waals surface area contributed by atoms with Crippen molar-refractivity contribution in [1.29, 1.82) is 0 Å². The molecule has 0 spiro atoms. The summed E-state index contributed by atoms with van der Waals surface area (Å²) in [5.41, 5.74) is 0.679. The van der Waals surface area contributed by atoms with Gasteiger partial charge in [-0.3, -0.25) is 4.98 Å². The molecule has 19 heavy (non-hydrogen) atoms. The van der Waals surface area contributed by atoms with Crippen LogP contribution >= 0.6 is 0 Å². The Morgan fingerprint density at radius 3 is 2.16 bits per heavy atom. The molecule has 0 amide bonds. The van der Waals surface area contributed by atoms with E-state index in [1.807, 2.05) is 41.5 Å². The smallest absolute Gasteiger partial charge is 0.398 e. The van der Waals surface area contributed by atoms with Crippen molar-refractivity contribution in [1.82, 2.24) is 4.98 Å². The lowest BCUT2D eigenvalue weighted by Crippen LogP contribution is -2.41. The molecule has 0 aliphatic carbocycles. The monoisotopic (exact) mass is 265 g/mol. The van der Waals surface area contributed by atoms with E-state index in [1.54, 1.807) is 0 Å². The van der Waals surface area contributed by atoms with Crippen LogP contribution in [0.4, 0.5) is 4.39 Å². The Morgan fingerprint density at radius 2 is 1.68 bits per heavy atom. The van der Waals surface area contributed by atoms with Gasteiger partial charge >= 0.3 is 7.12 Å². The van der Waals surface area contributed by atoms with E-state index in [4.69, 9.17) is 9.31 Å². The van der Waals surface area contributed by atoms with Gasteiger partial charge < -0.3 is 9.31 Å². The largest absolute Gasteiger partial charge is 0.514 e. The molecule has 1 fully saturated rings. The Bertz CT molecular complexity index is 472. The van der Waals surface area contributed by atoms with Gasteiger partial charge in [0.15, 0.2) is 0 Å². The second-order valence-corrected chi connectivity index (χ2v) is 6.37. The average Bonchev–Trinajstić information content (AvgIpc) is 2.47. The third kappa shape index (κ3) is 2.54. The SMILES string of the molecule is CC(C)c1cc(F)cnc1B1OC(C)(C)C(C)(C)O1. The molecule has 0 aromatic carbocycles. The van der Waals surface area contributed by atoms with Crippen LogP contribution in [0.3, 0.4) is 0 Å². The van der Waals surface area contributed by atoms with Crippen molar-refractivity contribution in [3.05, 3.63) is 23.6 Å². The first kappa shape index (κ1) is 14.5. The van der Waals surface area contributed by atoms with Gasteiger partial charge in [-0.25, -0.2) is 4.39 Å². The van der Waals surface area contributed by atoms with Crippen LogP contribution in [0.2, 0.25) is 0 Å². The molecule has 0 bridgehead atoms. The molecule has 3 nitrogen and oxygen atoms in total. The highest BCUT2D eigenvalue weighted by Crippen LogP contribution is 2.36. The van der Waals surface area contributed by atoms with Crippen LogP contribution in [0.15, 0.2) is 12.3 Å². The minimum Gasteiger partial charge on any atom is -0.398 e. The first-order valence-electron chi connectivity index (χ1n) is 6.65. The van der Waals surface area contributed by atoms with Crippen molar-refractivity contribution in [2.75, 3.05) is 0 Å². The maximum Gasteiger partial charge on any atom is 0.514 e. The minimum atomic E-state index is -0.539. The normalized spacial score (nSPS) is 21.2. The summed E-state index contributed by atoms with van der Waals surface area (Å²) in [6.07, 6.45) is 1.21. The second kappa shape index (κ2) is 4.56. The number of aromatic nitrogens is 1. The summed E-state index contributed by atoms with van der Waals surface area (Å²) in [7, 11) is -0.539. The second-order valence-electron chi connectivity index (χ2n) is 6.37. The van der Waals surface area contributed by atoms with E-state index in [1.165, 1.54) is 12.3 Å². The maximum atomic E-state index is 13.4. The number of hydrogen-bond acceptors (Lipinski definition) is 3. The summed E-state index contributed by atoms with van der Waals surface area (Å²) in [6.45, 7) is 12.0. The highest BCUT2D eigenvalue weighted by Gasteiger charge is 2.53. The molecule has 0 N–H and O–H groups in total. The summed E-state index contributed by atoms with van der Waals surface area (Å²) in [4.78, 5) is 4.19. The highest BCUT2D eigenvalue weighted by molar-refractivity contribution is 6.61. The quantitative estimate of drug-likeness (QED) is 0.770. The van der Waals surface area contributed by atoms with Crippen molar-refractivity contribution in [2.24, 2.45) is 0 Å². The lowest BCUT2D eigenvalue weighted by Gasteiger charge is -2.32. The van der Waals surface area contributed by atoms with Gasteiger partial charge in [0.1, 0.15) is 5.82 Å². The van der Waals surface area contributed by atoms with Crippen LogP contribution in [0.1, 0.15) is 53.0 Å². The molecule has 1 aromatic heterocycles. The van der Waals surface area contributed by atoms with Gasteiger partial charge in [0.05, 0.1) is 23.0 Å². The average molecular weight is 265 g/mol. The van der Waals surface area contributed by atoms with E-state index in [2.05, 4.69) is 4.98 Å². The van der Waals surface area contributed by atoms with Crippen LogP contribution in [0.5, 0.6) is 0 Å². The van der Waals surface area contributed by atoms with E-state index >= 15 is 0 Å². The zero-order valence-corrected chi connectivity index (χ0v) is 12.5. The Balaban J connectivity index is 2.39. The first-order chi connectivity index (χ1) is 8.64. The lowest BCUT2D eigenvalue weighted by molar-refractivity contribution is 0.00578. The minimum absolute atomic E-state index is 0.164. The summed E-state index contributed by atoms with van der Waals surface area (Å²) in [5, 5.41) is 0. The topological polar surface area (TPSA) is 31.4 Å². The zero-order chi connectivity index (χ0) is 14.4. The first-order valence-corrected chi connectivity index (χ1v) is 6.65. The van der Waals surface area contributed by atoms with Crippen molar-refractivity contribution >= 4 is 12.7 Å². The molecule has 104 valence electrons. The van der Waals surface area contributed by atoms with Gasteiger partial charge in [0.25, 0.3) is 0 Å². The van der Waals surface area contributed by atoms with Crippen molar-refractivity contribution < 1.29 is 13.7 Å². The Kier molecular flexibility index (Phi) is 3.48. The van der Waals surface area contributed by atoms with Gasteiger partial charge in [0, 0.05) is 0 Å². The van der Waals surface area contributed by atoms with Crippen molar-refractivity contribution in [3.63, 3.8) is 0 Å². The fourth-order valence-electron chi connectivity index (χ4n) is 2.08. The molecular formula is C14H21BFNO2. The van der Waals surface area contributed by atoms with Crippen LogP contribution in [-0.4, -0.2) is 23.3 Å². The predicted molar refractivity (Wildman–Crippen MR) is 74.0 cm³/mol. The summed E-state index contributed by atoms with van der Waals surface area (Å²) < 4.78 is 25.3. The van der Waals surface area contributed by atoms with Gasteiger partial charge in [-0.15, -0.1) is 0 Å². The van der Waals surface area contributed by atoms with E-state index in [0.717, 1.165) is 5.56 Å². The van der Waals surface area contributed by atoms with Gasteiger partial charge in [-0.1, -0.05) is 13.8 Å². The molecule has 1 aliphatic rings.